The van der Waals surface area contributed by atoms with Crippen LogP contribution >= 0.6 is 0 Å². The summed E-state index contributed by atoms with van der Waals surface area (Å²) in [7, 11) is -4.46. The molecule has 0 radical (unpaired) electrons. The second kappa shape index (κ2) is 5.32. The molecular formula is C17H25NO2SSi. The minimum Gasteiger partial charge on any atom is -0.207 e. The van der Waals surface area contributed by atoms with Gasteiger partial charge in [0.15, 0.2) is 0 Å². The first-order valence-corrected chi connectivity index (χ1v) is 13.0. The van der Waals surface area contributed by atoms with Gasteiger partial charge in [0.25, 0.3) is 0 Å². The monoisotopic (exact) mass is 335 g/mol. The van der Waals surface area contributed by atoms with E-state index < -0.39 is 18.1 Å². The van der Waals surface area contributed by atoms with Gasteiger partial charge in [0.2, 0.25) is 10.0 Å². The molecule has 3 nitrogen and oxygen atoms in total. The number of sulfonamides is 1. The topological polar surface area (TPSA) is 37.4 Å². The van der Waals surface area contributed by atoms with Crippen LogP contribution in [0.5, 0.6) is 0 Å². The Kier molecular flexibility index (Phi) is 3.86. The fourth-order valence-corrected chi connectivity index (χ4v) is 7.17. The molecule has 120 valence electrons. The number of nitrogens with zero attached hydrogens (tertiary/aromatic N) is 1. The average molecular weight is 336 g/mol. The first-order chi connectivity index (χ1) is 10.2. The van der Waals surface area contributed by atoms with Crippen molar-refractivity contribution in [1.29, 1.82) is 0 Å². The molecule has 0 bridgehead atoms. The van der Waals surface area contributed by atoms with Gasteiger partial charge in [-0.25, -0.2) is 8.42 Å². The van der Waals surface area contributed by atoms with Crippen LogP contribution in [0.3, 0.4) is 0 Å². The standard InChI is InChI=1S/C17H25NO2SSi/c1-13-5-7-15(8-6-13)21(19,20)18-10-9-14(12-18)16-11-17(16)22(2,3)4/h5-9,16-17H,10-12H2,1-4H3/t16-,17-/m0/s1. The zero-order valence-corrected chi connectivity index (χ0v) is 15.7. The molecule has 1 fully saturated rings. The summed E-state index contributed by atoms with van der Waals surface area (Å²) < 4.78 is 27.0. The molecule has 1 aliphatic carbocycles. The lowest BCUT2D eigenvalue weighted by Crippen LogP contribution is -2.29. The van der Waals surface area contributed by atoms with Gasteiger partial charge in [-0.05, 0) is 36.9 Å². The lowest BCUT2D eigenvalue weighted by Gasteiger charge is -2.18. The van der Waals surface area contributed by atoms with E-state index in [0.29, 0.717) is 23.9 Å². The third-order valence-corrected chi connectivity index (χ3v) is 9.64. The van der Waals surface area contributed by atoms with E-state index in [-0.39, 0.29) is 0 Å². The number of hydrogen-bond donors (Lipinski definition) is 0. The van der Waals surface area contributed by atoms with Crippen molar-refractivity contribution < 1.29 is 8.42 Å². The van der Waals surface area contributed by atoms with Gasteiger partial charge in [-0.2, -0.15) is 4.31 Å². The third-order valence-electron chi connectivity index (χ3n) is 4.95. The molecule has 1 aliphatic heterocycles. The summed E-state index contributed by atoms with van der Waals surface area (Å²) in [6.07, 6.45) is 3.41. The van der Waals surface area contributed by atoms with Crippen LogP contribution in [-0.2, 0) is 10.0 Å². The smallest absolute Gasteiger partial charge is 0.207 e. The minimum absolute atomic E-state index is 0.408. The molecule has 5 heteroatoms. The number of benzene rings is 1. The van der Waals surface area contributed by atoms with Crippen LogP contribution in [0.2, 0.25) is 25.2 Å². The second-order valence-corrected chi connectivity index (χ2v) is 15.1. The molecule has 0 N–H and O–H groups in total. The molecule has 1 saturated carbocycles. The Morgan fingerprint density at radius 2 is 1.77 bits per heavy atom. The number of hydrogen-bond acceptors (Lipinski definition) is 2. The average Bonchev–Trinajstić information content (AvgIpc) is 3.09. The van der Waals surface area contributed by atoms with Gasteiger partial charge < -0.3 is 0 Å². The Bertz CT molecular complexity index is 701. The number of rotatable bonds is 4. The van der Waals surface area contributed by atoms with Gasteiger partial charge in [0, 0.05) is 21.2 Å². The first-order valence-electron chi connectivity index (χ1n) is 7.95. The molecule has 1 heterocycles. The highest BCUT2D eigenvalue weighted by atomic mass is 32.2. The maximum absolute atomic E-state index is 12.7. The van der Waals surface area contributed by atoms with E-state index >= 15 is 0 Å². The van der Waals surface area contributed by atoms with Crippen LogP contribution in [0, 0.1) is 12.8 Å². The Labute approximate surface area is 135 Å². The van der Waals surface area contributed by atoms with Gasteiger partial charge in [-0.15, -0.1) is 0 Å². The molecule has 0 unspecified atom stereocenters. The largest absolute Gasteiger partial charge is 0.243 e. The maximum atomic E-state index is 12.7. The fraction of sp³-hybridized carbons (Fsp3) is 0.529. The molecule has 1 aromatic carbocycles. The summed E-state index contributed by atoms with van der Waals surface area (Å²) in [5, 5.41) is 0. The molecule has 2 aliphatic rings. The molecule has 22 heavy (non-hydrogen) atoms. The van der Waals surface area contributed by atoms with Crippen LogP contribution in [-0.4, -0.2) is 33.9 Å². The van der Waals surface area contributed by atoms with Gasteiger partial charge in [-0.1, -0.05) is 49.0 Å². The minimum atomic E-state index is -3.35. The molecule has 0 saturated heterocycles. The van der Waals surface area contributed by atoms with E-state index in [9.17, 15) is 8.42 Å². The van der Waals surface area contributed by atoms with Crippen LogP contribution < -0.4 is 0 Å². The van der Waals surface area contributed by atoms with Gasteiger partial charge in [0.05, 0.1) is 4.90 Å². The third kappa shape index (κ3) is 2.94. The molecule has 0 amide bonds. The lowest BCUT2D eigenvalue weighted by molar-refractivity contribution is 0.481. The van der Waals surface area contributed by atoms with Crippen molar-refractivity contribution in [2.75, 3.05) is 13.1 Å². The Hall–Kier alpha value is -0.913. The summed E-state index contributed by atoms with van der Waals surface area (Å²) in [4.78, 5) is 0.408. The molecule has 3 rings (SSSR count). The van der Waals surface area contributed by atoms with E-state index in [0.717, 1.165) is 11.1 Å². The summed E-state index contributed by atoms with van der Waals surface area (Å²) in [6.45, 7) is 10.3. The quantitative estimate of drug-likeness (QED) is 0.622. The van der Waals surface area contributed by atoms with E-state index in [4.69, 9.17) is 0 Å². The SMILES string of the molecule is Cc1ccc(S(=O)(=O)N2CC=C([C@@H]3C[C@@H]3[Si](C)(C)C)C2)cc1. The highest BCUT2D eigenvalue weighted by molar-refractivity contribution is 7.89. The predicted molar refractivity (Wildman–Crippen MR) is 93.2 cm³/mol. The van der Waals surface area contributed by atoms with Crippen molar-refractivity contribution in [3.05, 3.63) is 41.5 Å². The van der Waals surface area contributed by atoms with Gasteiger partial charge >= 0.3 is 0 Å². The van der Waals surface area contributed by atoms with E-state index in [1.54, 1.807) is 16.4 Å². The van der Waals surface area contributed by atoms with Crippen molar-refractivity contribution in [1.82, 2.24) is 4.31 Å². The molecular weight excluding hydrogens is 310 g/mol. The Morgan fingerprint density at radius 1 is 1.14 bits per heavy atom. The van der Waals surface area contributed by atoms with E-state index in [1.807, 2.05) is 19.1 Å². The summed E-state index contributed by atoms with van der Waals surface area (Å²) in [5.74, 6) is 0.643. The Balaban J connectivity index is 1.71. The van der Waals surface area contributed by atoms with Crippen molar-refractivity contribution >= 4 is 18.1 Å². The van der Waals surface area contributed by atoms with E-state index in [2.05, 4.69) is 25.7 Å². The first kappa shape index (κ1) is 16.0. The van der Waals surface area contributed by atoms with E-state index in [1.165, 1.54) is 12.0 Å². The highest BCUT2D eigenvalue weighted by Crippen LogP contribution is 2.56. The zero-order valence-electron chi connectivity index (χ0n) is 13.8. The molecule has 0 aromatic heterocycles. The zero-order chi connectivity index (χ0) is 16.1. The van der Waals surface area contributed by atoms with Crippen molar-refractivity contribution in [3.63, 3.8) is 0 Å². The molecule has 2 atom stereocenters. The normalized spacial score (nSPS) is 26.1. The molecule has 1 aromatic rings. The van der Waals surface area contributed by atoms with Gasteiger partial charge in [-0.3, -0.25) is 0 Å². The summed E-state index contributed by atoms with van der Waals surface area (Å²) >= 11 is 0. The fourth-order valence-electron chi connectivity index (χ4n) is 3.42. The number of aryl methyl sites for hydroxylation is 1. The highest BCUT2D eigenvalue weighted by Gasteiger charge is 2.49. The Morgan fingerprint density at radius 3 is 2.32 bits per heavy atom. The predicted octanol–water partition coefficient (Wildman–Crippen LogP) is 3.65. The van der Waals surface area contributed by atoms with Gasteiger partial charge in [0.1, 0.15) is 0 Å². The van der Waals surface area contributed by atoms with Crippen molar-refractivity contribution in [2.24, 2.45) is 5.92 Å². The maximum Gasteiger partial charge on any atom is 0.243 e. The van der Waals surface area contributed by atoms with Crippen molar-refractivity contribution in [3.8, 4) is 0 Å². The lowest BCUT2D eigenvalue weighted by atomic mass is 10.2. The molecule has 0 spiro atoms. The summed E-state index contributed by atoms with van der Waals surface area (Å²) in [6, 6.07) is 7.15. The van der Waals surface area contributed by atoms with Crippen LogP contribution in [0.1, 0.15) is 12.0 Å². The van der Waals surface area contributed by atoms with Crippen molar-refractivity contribution in [2.45, 2.75) is 43.4 Å². The summed E-state index contributed by atoms with van der Waals surface area (Å²) in [5.41, 5.74) is 3.26. The van der Waals surface area contributed by atoms with Crippen LogP contribution in [0.25, 0.3) is 0 Å². The second-order valence-electron chi connectivity index (χ2n) is 7.70. The van der Waals surface area contributed by atoms with Crippen LogP contribution in [0.4, 0.5) is 0 Å². The van der Waals surface area contributed by atoms with Crippen LogP contribution in [0.15, 0.2) is 40.8 Å².